The molecule has 2 aromatic rings. The fourth-order valence-electron chi connectivity index (χ4n) is 1.68. The lowest BCUT2D eigenvalue weighted by atomic mass is 10.2. The van der Waals surface area contributed by atoms with Gasteiger partial charge in [0.05, 0.1) is 6.20 Å². The molecule has 102 valence electrons. The van der Waals surface area contributed by atoms with Gasteiger partial charge in [0.15, 0.2) is 10.8 Å². The third-order valence-electron chi connectivity index (χ3n) is 2.51. The summed E-state index contributed by atoms with van der Waals surface area (Å²) in [6, 6.07) is 2.01. The van der Waals surface area contributed by atoms with Gasteiger partial charge in [-0.2, -0.15) is 0 Å². The van der Waals surface area contributed by atoms with Crippen molar-refractivity contribution in [3.05, 3.63) is 22.3 Å². The third-order valence-corrected chi connectivity index (χ3v) is 3.62. The van der Waals surface area contributed by atoms with Gasteiger partial charge in [0, 0.05) is 18.3 Å². The van der Waals surface area contributed by atoms with Crippen LogP contribution in [0.1, 0.15) is 32.4 Å². The highest BCUT2D eigenvalue weighted by Gasteiger charge is 2.10. The molecule has 0 spiro atoms. The number of aromatic nitrogens is 3. The van der Waals surface area contributed by atoms with E-state index in [-0.39, 0.29) is 0 Å². The average Bonchev–Trinajstić information content (AvgIpc) is 2.83. The van der Waals surface area contributed by atoms with Crippen molar-refractivity contribution >= 4 is 28.8 Å². The van der Waals surface area contributed by atoms with Crippen LogP contribution in [0.5, 0.6) is 0 Å². The molecule has 2 rings (SSSR count). The van der Waals surface area contributed by atoms with Crippen LogP contribution in [0.15, 0.2) is 12.3 Å². The Kier molecular flexibility index (Phi) is 5.10. The highest BCUT2D eigenvalue weighted by Crippen LogP contribution is 2.26. The van der Waals surface area contributed by atoms with Crippen molar-refractivity contribution in [3.8, 4) is 10.8 Å². The highest BCUT2D eigenvalue weighted by molar-refractivity contribution is 7.18. The predicted octanol–water partition coefficient (Wildman–Crippen LogP) is 4.03. The SMILES string of the molecule is CCCNc1cc(CCC)nc(-c2ncc(Cl)s2)n1. The molecule has 0 amide bonds. The maximum atomic E-state index is 5.92. The van der Waals surface area contributed by atoms with E-state index in [2.05, 4.69) is 34.1 Å². The van der Waals surface area contributed by atoms with Crippen molar-refractivity contribution < 1.29 is 0 Å². The van der Waals surface area contributed by atoms with Crippen molar-refractivity contribution in [2.24, 2.45) is 0 Å². The van der Waals surface area contributed by atoms with Crippen LogP contribution in [0.2, 0.25) is 4.34 Å². The summed E-state index contributed by atoms with van der Waals surface area (Å²) in [5.74, 6) is 1.52. The van der Waals surface area contributed by atoms with Gasteiger partial charge in [0.25, 0.3) is 0 Å². The van der Waals surface area contributed by atoms with Crippen LogP contribution in [0.3, 0.4) is 0 Å². The van der Waals surface area contributed by atoms with E-state index in [0.29, 0.717) is 10.2 Å². The van der Waals surface area contributed by atoms with Crippen LogP contribution in [0.4, 0.5) is 5.82 Å². The van der Waals surface area contributed by atoms with Crippen LogP contribution in [-0.4, -0.2) is 21.5 Å². The van der Waals surface area contributed by atoms with Gasteiger partial charge in [0.1, 0.15) is 10.2 Å². The van der Waals surface area contributed by atoms with E-state index < -0.39 is 0 Å². The van der Waals surface area contributed by atoms with Crippen LogP contribution >= 0.6 is 22.9 Å². The number of anilines is 1. The quantitative estimate of drug-likeness (QED) is 0.874. The molecule has 0 aliphatic carbocycles. The van der Waals surface area contributed by atoms with Gasteiger partial charge in [0.2, 0.25) is 0 Å². The summed E-state index contributed by atoms with van der Waals surface area (Å²) in [6.07, 6.45) is 4.69. The second-order valence-electron chi connectivity index (χ2n) is 4.21. The van der Waals surface area contributed by atoms with Crippen LogP contribution in [-0.2, 0) is 6.42 Å². The van der Waals surface area contributed by atoms with Crippen LogP contribution in [0.25, 0.3) is 10.8 Å². The van der Waals surface area contributed by atoms with Gasteiger partial charge in [-0.05, 0) is 12.8 Å². The van der Waals surface area contributed by atoms with E-state index in [1.54, 1.807) is 6.20 Å². The largest absolute Gasteiger partial charge is 0.370 e. The Morgan fingerprint density at radius 2 is 2.11 bits per heavy atom. The summed E-state index contributed by atoms with van der Waals surface area (Å²) in [7, 11) is 0. The monoisotopic (exact) mass is 296 g/mol. The molecule has 0 atom stereocenters. The van der Waals surface area contributed by atoms with Crippen molar-refractivity contribution in [3.63, 3.8) is 0 Å². The molecule has 2 aromatic heterocycles. The zero-order valence-corrected chi connectivity index (χ0v) is 12.7. The average molecular weight is 297 g/mol. The number of thiazole rings is 1. The lowest BCUT2D eigenvalue weighted by Crippen LogP contribution is -2.05. The van der Waals surface area contributed by atoms with Crippen molar-refractivity contribution in [1.29, 1.82) is 0 Å². The third kappa shape index (κ3) is 3.88. The van der Waals surface area contributed by atoms with Gasteiger partial charge in [-0.3, -0.25) is 0 Å². The Bertz CT molecular complexity index is 541. The van der Waals surface area contributed by atoms with Crippen molar-refractivity contribution in [1.82, 2.24) is 15.0 Å². The number of aryl methyl sites for hydroxylation is 1. The van der Waals surface area contributed by atoms with E-state index in [1.807, 2.05) is 6.07 Å². The minimum atomic E-state index is 0.654. The molecule has 0 aliphatic heterocycles. The van der Waals surface area contributed by atoms with Gasteiger partial charge in [-0.15, -0.1) is 0 Å². The maximum absolute atomic E-state index is 5.92. The zero-order valence-electron chi connectivity index (χ0n) is 11.1. The second-order valence-corrected chi connectivity index (χ2v) is 5.88. The number of rotatable bonds is 6. The molecule has 0 bridgehead atoms. The van der Waals surface area contributed by atoms with E-state index in [9.17, 15) is 0 Å². The van der Waals surface area contributed by atoms with Crippen LogP contribution < -0.4 is 5.32 Å². The van der Waals surface area contributed by atoms with E-state index in [0.717, 1.165) is 42.3 Å². The second kappa shape index (κ2) is 6.82. The number of nitrogens with zero attached hydrogens (tertiary/aromatic N) is 3. The molecule has 1 N–H and O–H groups in total. The smallest absolute Gasteiger partial charge is 0.190 e. The first-order valence-corrected chi connectivity index (χ1v) is 7.66. The topological polar surface area (TPSA) is 50.7 Å². The Balaban J connectivity index is 2.33. The zero-order chi connectivity index (χ0) is 13.7. The summed E-state index contributed by atoms with van der Waals surface area (Å²) in [4.78, 5) is 13.3. The van der Waals surface area contributed by atoms with Gasteiger partial charge >= 0.3 is 0 Å². The standard InChI is InChI=1S/C13H17ClN4S/c1-3-5-9-7-11(15-6-4-2)18-12(17-9)13-16-8-10(14)19-13/h7-8H,3-6H2,1-2H3,(H,15,17,18). The van der Waals surface area contributed by atoms with E-state index in [1.165, 1.54) is 11.3 Å². The molecule has 0 unspecified atom stereocenters. The molecule has 2 heterocycles. The first kappa shape index (κ1) is 14.2. The van der Waals surface area contributed by atoms with Crippen molar-refractivity contribution in [2.75, 3.05) is 11.9 Å². The highest BCUT2D eigenvalue weighted by atomic mass is 35.5. The lowest BCUT2D eigenvalue weighted by Gasteiger charge is -2.07. The predicted molar refractivity (Wildman–Crippen MR) is 80.9 cm³/mol. The molecule has 0 radical (unpaired) electrons. The Morgan fingerprint density at radius 3 is 2.74 bits per heavy atom. The number of hydrogen-bond acceptors (Lipinski definition) is 5. The molecule has 0 fully saturated rings. The van der Waals surface area contributed by atoms with Gasteiger partial charge in [-0.1, -0.05) is 43.2 Å². The molecular weight excluding hydrogens is 280 g/mol. The lowest BCUT2D eigenvalue weighted by molar-refractivity contribution is 0.872. The first-order valence-electron chi connectivity index (χ1n) is 6.46. The van der Waals surface area contributed by atoms with E-state index >= 15 is 0 Å². The summed E-state index contributed by atoms with van der Waals surface area (Å²) >= 11 is 7.32. The summed E-state index contributed by atoms with van der Waals surface area (Å²) < 4.78 is 0.655. The molecule has 4 nitrogen and oxygen atoms in total. The van der Waals surface area contributed by atoms with Crippen molar-refractivity contribution in [2.45, 2.75) is 33.1 Å². The van der Waals surface area contributed by atoms with Gasteiger partial charge < -0.3 is 5.32 Å². The summed E-state index contributed by atoms with van der Waals surface area (Å²) in [5.41, 5.74) is 1.04. The molecular formula is C13H17ClN4S. The fraction of sp³-hybridized carbons (Fsp3) is 0.462. The normalized spacial score (nSPS) is 10.7. The maximum Gasteiger partial charge on any atom is 0.190 e. The number of hydrogen-bond donors (Lipinski definition) is 1. The Hall–Kier alpha value is -1.20. The van der Waals surface area contributed by atoms with Gasteiger partial charge in [-0.25, -0.2) is 15.0 Å². The molecule has 0 aliphatic rings. The molecule has 19 heavy (non-hydrogen) atoms. The first-order chi connectivity index (χ1) is 9.22. The minimum Gasteiger partial charge on any atom is -0.370 e. The molecule has 0 saturated heterocycles. The van der Waals surface area contributed by atoms with Crippen LogP contribution in [0, 0.1) is 0 Å². The van der Waals surface area contributed by atoms with E-state index in [4.69, 9.17) is 11.6 Å². The number of halogens is 1. The minimum absolute atomic E-state index is 0.654. The summed E-state index contributed by atoms with van der Waals surface area (Å²) in [6.45, 7) is 5.17. The number of nitrogens with one attached hydrogen (secondary N) is 1. The summed E-state index contributed by atoms with van der Waals surface area (Å²) in [5, 5.41) is 4.07. The Labute approximate surface area is 122 Å². The fourth-order valence-corrected chi connectivity index (χ4v) is 2.52. The Morgan fingerprint density at radius 1 is 1.26 bits per heavy atom. The molecule has 6 heteroatoms. The molecule has 0 saturated carbocycles. The molecule has 0 aromatic carbocycles.